The molecule has 7 heteroatoms. The number of likely N-dealkylation sites (N-methyl/N-ethyl adjacent to an activating group) is 1. The summed E-state index contributed by atoms with van der Waals surface area (Å²) in [4.78, 5) is 28.4. The summed E-state index contributed by atoms with van der Waals surface area (Å²) in [6.07, 6.45) is 0. The number of hydrogen-bond acceptors (Lipinski definition) is 5. The molecule has 0 bridgehead atoms. The highest BCUT2D eigenvalue weighted by atomic mass is 16.6. The number of carbonyl (C=O) groups is 1. The maximum absolute atomic E-state index is 11.9. The minimum Gasteiger partial charge on any atom is -0.359 e. The van der Waals surface area contributed by atoms with E-state index in [9.17, 15) is 14.9 Å². The molecule has 1 aromatic heterocycles. The Balaban J connectivity index is 2.37. The highest BCUT2D eigenvalue weighted by Gasteiger charge is 2.20. The quantitative estimate of drug-likeness (QED) is 0.677. The smallest absolute Gasteiger partial charge is 0.295 e. The number of amides is 1. The van der Waals surface area contributed by atoms with Crippen LogP contribution in [0.25, 0.3) is 11.3 Å². The molecular weight excluding hydrogens is 296 g/mol. The van der Waals surface area contributed by atoms with Crippen molar-refractivity contribution in [2.75, 3.05) is 19.4 Å². The van der Waals surface area contributed by atoms with Crippen LogP contribution in [0.15, 0.2) is 42.5 Å². The first kappa shape index (κ1) is 16.4. The Bertz CT molecular complexity index is 717. The lowest BCUT2D eigenvalue weighted by atomic mass is 10.1. The van der Waals surface area contributed by atoms with E-state index in [4.69, 9.17) is 0 Å². The number of aromatic nitrogens is 1. The number of rotatable bonds is 5. The van der Waals surface area contributed by atoms with Gasteiger partial charge >= 0.3 is 0 Å². The predicted octanol–water partition coefficient (Wildman–Crippen LogP) is 2.55. The normalized spacial score (nSPS) is 11.6. The molecule has 0 unspecified atom stereocenters. The molecule has 1 N–H and O–H groups in total. The summed E-state index contributed by atoms with van der Waals surface area (Å²) in [6, 6.07) is 11.3. The molecule has 0 aliphatic heterocycles. The number of hydrogen-bond donors (Lipinski definition) is 1. The average molecular weight is 314 g/mol. The monoisotopic (exact) mass is 314 g/mol. The van der Waals surface area contributed by atoms with E-state index in [1.165, 1.54) is 17.0 Å². The van der Waals surface area contributed by atoms with Gasteiger partial charge in [-0.05, 0) is 13.0 Å². The van der Waals surface area contributed by atoms with E-state index in [-0.39, 0.29) is 17.3 Å². The molecule has 0 aliphatic carbocycles. The molecule has 0 radical (unpaired) electrons. The van der Waals surface area contributed by atoms with Crippen LogP contribution in [-0.4, -0.2) is 40.9 Å². The van der Waals surface area contributed by atoms with Gasteiger partial charge in [0.05, 0.1) is 4.92 Å². The Kier molecular flexibility index (Phi) is 4.90. The van der Waals surface area contributed by atoms with E-state index in [0.29, 0.717) is 11.4 Å². The van der Waals surface area contributed by atoms with Gasteiger partial charge in [0.15, 0.2) is 5.69 Å². The molecular formula is C16H18N4O3. The number of pyridine rings is 1. The van der Waals surface area contributed by atoms with Gasteiger partial charge in [-0.15, -0.1) is 0 Å². The van der Waals surface area contributed by atoms with Crippen molar-refractivity contribution < 1.29 is 9.72 Å². The third-order valence-corrected chi connectivity index (χ3v) is 3.29. The Morgan fingerprint density at radius 1 is 1.22 bits per heavy atom. The topological polar surface area (TPSA) is 88.4 Å². The van der Waals surface area contributed by atoms with Crippen LogP contribution in [-0.2, 0) is 4.79 Å². The fourth-order valence-corrected chi connectivity index (χ4v) is 2.16. The molecule has 0 aliphatic rings. The average Bonchev–Trinajstić information content (AvgIpc) is 2.54. The second-order valence-electron chi connectivity index (χ2n) is 5.29. The molecule has 23 heavy (non-hydrogen) atoms. The minimum absolute atomic E-state index is 0.0756. The SMILES string of the molecule is C[C@H](Nc1ccc([N+](=O)[O-])c(-c2ccccc2)n1)C(=O)N(C)C. The van der Waals surface area contributed by atoms with Gasteiger partial charge in [-0.1, -0.05) is 30.3 Å². The van der Waals surface area contributed by atoms with Crippen LogP contribution in [0.1, 0.15) is 6.92 Å². The lowest BCUT2D eigenvalue weighted by Crippen LogP contribution is -2.36. The fourth-order valence-electron chi connectivity index (χ4n) is 2.16. The molecule has 2 rings (SSSR count). The van der Waals surface area contributed by atoms with Gasteiger partial charge in [0.2, 0.25) is 5.91 Å². The van der Waals surface area contributed by atoms with Crippen LogP contribution in [0.3, 0.4) is 0 Å². The van der Waals surface area contributed by atoms with E-state index in [2.05, 4.69) is 10.3 Å². The third-order valence-electron chi connectivity index (χ3n) is 3.29. The summed E-state index contributed by atoms with van der Waals surface area (Å²) in [6.45, 7) is 1.72. The number of anilines is 1. The number of carbonyl (C=O) groups excluding carboxylic acids is 1. The van der Waals surface area contributed by atoms with E-state index in [1.807, 2.05) is 6.07 Å². The Labute approximate surface area is 134 Å². The predicted molar refractivity (Wildman–Crippen MR) is 88.1 cm³/mol. The molecule has 120 valence electrons. The molecule has 0 saturated heterocycles. The Morgan fingerprint density at radius 2 is 1.87 bits per heavy atom. The van der Waals surface area contributed by atoms with Crippen molar-refractivity contribution in [3.8, 4) is 11.3 Å². The zero-order valence-corrected chi connectivity index (χ0v) is 13.2. The number of nitrogens with zero attached hydrogens (tertiary/aromatic N) is 3. The highest BCUT2D eigenvalue weighted by Crippen LogP contribution is 2.29. The Hall–Kier alpha value is -2.96. The van der Waals surface area contributed by atoms with Crippen molar-refractivity contribution in [2.45, 2.75) is 13.0 Å². The fraction of sp³-hybridized carbons (Fsp3) is 0.250. The van der Waals surface area contributed by atoms with Crippen LogP contribution >= 0.6 is 0 Å². The first-order valence-corrected chi connectivity index (χ1v) is 7.08. The van der Waals surface area contributed by atoms with Crippen molar-refractivity contribution in [1.29, 1.82) is 0 Å². The Morgan fingerprint density at radius 3 is 2.43 bits per heavy atom. The summed E-state index contributed by atoms with van der Waals surface area (Å²) < 4.78 is 0. The van der Waals surface area contributed by atoms with Crippen LogP contribution in [0.2, 0.25) is 0 Å². The summed E-state index contributed by atoms with van der Waals surface area (Å²) in [5.41, 5.74) is 0.841. The molecule has 1 amide bonds. The summed E-state index contributed by atoms with van der Waals surface area (Å²) >= 11 is 0. The van der Waals surface area contributed by atoms with Gasteiger partial charge in [0.1, 0.15) is 11.9 Å². The first-order chi connectivity index (χ1) is 10.9. The van der Waals surface area contributed by atoms with Crippen LogP contribution in [0.4, 0.5) is 11.5 Å². The maximum Gasteiger partial charge on any atom is 0.295 e. The minimum atomic E-state index is -0.484. The second kappa shape index (κ2) is 6.87. The molecule has 1 aromatic carbocycles. The molecule has 0 saturated carbocycles. The number of benzene rings is 1. The van der Waals surface area contributed by atoms with E-state index >= 15 is 0 Å². The molecule has 1 atom stereocenters. The van der Waals surface area contributed by atoms with Crippen LogP contribution < -0.4 is 5.32 Å². The van der Waals surface area contributed by atoms with E-state index in [1.54, 1.807) is 45.3 Å². The first-order valence-electron chi connectivity index (χ1n) is 7.08. The summed E-state index contributed by atoms with van der Waals surface area (Å²) in [5.74, 6) is 0.309. The molecule has 0 fully saturated rings. The van der Waals surface area contributed by atoms with Gasteiger partial charge in [0, 0.05) is 25.7 Å². The zero-order chi connectivity index (χ0) is 17.0. The maximum atomic E-state index is 11.9. The van der Waals surface area contributed by atoms with Gasteiger partial charge in [-0.3, -0.25) is 14.9 Å². The van der Waals surface area contributed by atoms with Crippen molar-refractivity contribution in [2.24, 2.45) is 0 Å². The number of nitro groups is 1. The molecule has 2 aromatic rings. The van der Waals surface area contributed by atoms with Crippen molar-refractivity contribution in [1.82, 2.24) is 9.88 Å². The standard InChI is InChI=1S/C16H18N4O3/c1-11(16(21)19(2)3)17-14-10-9-13(20(22)23)15(18-14)12-7-5-4-6-8-12/h4-11H,1-3H3,(H,17,18)/t11-/m0/s1. The van der Waals surface area contributed by atoms with Crippen LogP contribution in [0, 0.1) is 10.1 Å². The molecule has 1 heterocycles. The third kappa shape index (κ3) is 3.82. The molecule has 0 spiro atoms. The van der Waals surface area contributed by atoms with Crippen molar-refractivity contribution in [3.05, 3.63) is 52.6 Å². The summed E-state index contributed by atoms with van der Waals surface area (Å²) in [7, 11) is 3.33. The van der Waals surface area contributed by atoms with Gasteiger partial charge in [-0.2, -0.15) is 0 Å². The lowest BCUT2D eigenvalue weighted by Gasteiger charge is -2.18. The largest absolute Gasteiger partial charge is 0.359 e. The van der Waals surface area contributed by atoms with Crippen LogP contribution in [0.5, 0.6) is 0 Å². The van der Waals surface area contributed by atoms with Gasteiger partial charge in [0.25, 0.3) is 5.69 Å². The van der Waals surface area contributed by atoms with Crippen molar-refractivity contribution in [3.63, 3.8) is 0 Å². The highest BCUT2D eigenvalue weighted by molar-refractivity contribution is 5.83. The molecule has 7 nitrogen and oxygen atoms in total. The lowest BCUT2D eigenvalue weighted by molar-refractivity contribution is -0.384. The summed E-state index contributed by atoms with van der Waals surface area (Å²) in [5, 5.41) is 14.2. The van der Waals surface area contributed by atoms with Gasteiger partial charge in [-0.25, -0.2) is 4.98 Å². The van der Waals surface area contributed by atoms with E-state index in [0.717, 1.165) is 0 Å². The number of nitrogens with one attached hydrogen (secondary N) is 1. The zero-order valence-electron chi connectivity index (χ0n) is 13.2. The van der Waals surface area contributed by atoms with E-state index < -0.39 is 11.0 Å². The van der Waals surface area contributed by atoms with Crippen molar-refractivity contribution >= 4 is 17.4 Å². The second-order valence-corrected chi connectivity index (χ2v) is 5.29. The van der Waals surface area contributed by atoms with Gasteiger partial charge < -0.3 is 10.2 Å².